The minimum Gasteiger partial charge on any atom is -0.491 e. The molecule has 0 amide bonds. The second kappa shape index (κ2) is 5.90. The van der Waals surface area contributed by atoms with Gasteiger partial charge < -0.3 is 15.2 Å². The van der Waals surface area contributed by atoms with Crippen molar-refractivity contribution in [2.24, 2.45) is 5.73 Å². The van der Waals surface area contributed by atoms with Gasteiger partial charge in [-0.25, -0.2) is 0 Å². The van der Waals surface area contributed by atoms with Gasteiger partial charge in [-0.3, -0.25) is 4.90 Å². The highest BCUT2D eigenvalue weighted by Gasteiger charge is 2.38. The van der Waals surface area contributed by atoms with Crippen LogP contribution in [0, 0.1) is 0 Å². The molecule has 0 aliphatic carbocycles. The van der Waals surface area contributed by atoms with E-state index in [1.807, 2.05) is 26.0 Å². The third kappa shape index (κ3) is 2.91. The molecule has 0 spiro atoms. The van der Waals surface area contributed by atoms with Gasteiger partial charge in [0.1, 0.15) is 5.75 Å². The summed E-state index contributed by atoms with van der Waals surface area (Å²) in [7, 11) is 2.11. The van der Waals surface area contributed by atoms with Gasteiger partial charge in [-0.05, 0) is 38.6 Å². The molecular formula is C15H24N2O2. The number of nitrogens with zero attached hydrogens (tertiary/aromatic N) is 1. The Morgan fingerprint density at radius 3 is 2.58 bits per heavy atom. The maximum Gasteiger partial charge on any atom is 0.119 e. The molecule has 1 saturated heterocycles. The van der Waals surface area contributed by atoms with E-state index in [4.69, 9.17) is 15.2 Å². The zero-order valence-electron chi connectivity index (χ0n) is 12.1. The lowest BCUT2D eigenvalue weighted by atomic mass is 9.88. The summed E-state index contributed by atoms with van der Waals surface area (Å²) in [5.41, 5.74) is 7.00. The molecule has 1 aromatic carbocycles. The van der Waals surface area contributed by atoms with E-state index >= 15 is 0 Å². The van der Waals surface area contributed by atoms with Crippen LogP contribution in [0.3, 0.4) is 0 Å². The first-order valence-corrected chi connectivity index (χ1v) is 6.85. The third-order valence-corrected chi connectivity index (χ3v) is 3.74. The van der Waals surface area contributed by atoms with E-state index in [0.29, 0.717) is 13.2 Å². The smallest absolute Gasteiger partial charge is 0.119 e. The summed E-state index contributed by atoms with van der Waals surface area (Å²) in [5, 5.41) is 0. The van der Waals surface area contributed by atoms with Gasteiger partial charge in [0.2, 0.25) is 0 Å². The second-order valence-electron chi connectivity index (χ2n) is 5.40. The standard InChI is InChI=1S/C15H24N2O2/c1-12(2)19-14-6-4-13(5-7-14)15(10-16)11-18-9-8-17(15)3/h4-7,12H,8-11,16H2,1-3H3. The quantitative estimate of drug-likeness (QED) is 0.897. The Morgan fingerprint density at radius 2 is 2.05 bits per heavy atom. The Bertz CT molecular complexity index is 405. The van der Waals surface area contributed by atoms with Crippen molar-refractivity contribution < 1.29 is 9.47 Å². The number of nitrogens with two attached hydrogens (primary N) is 1. The van der Waals surface area contributed by atoms with Crippen LogP contribution in [-0.2, 0) is 10.3 Å². The fraction of sp³-hybridized carbons (Fsp3) is 0.600. The molecule has 1 heterocycles. The normalized spacial score (nSPS) is 24.7. The summed E-state index contributed by atoms with van der Waals surface area (Å²) >= 11 is 0. The monoisotopic (exact) mass is 264 g/mol. The lowest BCUT2D eigenvalue weighted by molar-refractivity contribution is -0.0549. The number of hydrogen-bond donors (Lipinski definition) is 1. The molecule has 1 aliphatic rings. The average Bonchev–Trinajstić information content (AvgIpc) is 2.40. The number of ether oxygens (including phenoxy) is 2. The summed E-state index contributed by atoms with van der Waals surface area (Å²) < 4.78 is 11.3. The Labute approximate surface area is 115 Å². The van der Waals surface area contributed by atoms with Crippen LogP contribution in [-0.4, -0.2) is 44.4 Å². The molecule has 2 N–H and O–H groups in total. The van der Waals surface area contributed by atoms with Crippen molar-refractivity contribution in [2.75, 3.05) is 33.4 Å². The Kier molecular flexibility index (Phi) is 4.45. The molecule has 1 fully saturated rings. The van der Waals surface area contributed by atoms with Crippen molar-refractivity contribution in [1.29, 1.82) is 0 Å². The van der Waals surface area contributed by atoms with Gasteiger partial charge in [0.15, 0.2) is 0 Å². The highest BCUT2D eigenvalue weighted by molar-refractivity contribution is 5.33. The molecule has 1 unspecified atom stereocenters. The minimum atomic E-state index is -0.214. The van der Waals surface area contributed by atoms with E-state index in [1.165, 1.54) is 5.56 Å². The fourth-order valence-corrected chi connectivity index (χ4v) is 2.52. The minimum absolute atomic E-state index is 0.190. The van der Waals surface area contributed by atoms with Crippen LogP contribution in [0.1, 0.15) is 19.4 Å². The van der Waals surface area contributed by atoms with Gasteiger partial charge in [0.25, 0.3) is 0 Å². The molecule has 0 radical (unpaired) electrons. The molecule has 19 heavy (non-hydrogen) atoms. The predicted molar refractivity (Wildman–Crippen MR) is 76.4 cm³/mol. The summed E-state index contributed by atoms with van der Waals surface area (Å²) in [6.07, 6.45) is 0.190. The molecule has 0 aromatic heterocycles. The first kappa shape index (κ1) is 14.3. The molecule has 4 heteroatoms. The number of benzene rings is 1. The lowest BCUT2D eigenvalue weighted by Gasteiger charge is -2.44. The first-order chi connectivity index (χ1) is 9.08. The molecule has 4 nitrogen and oxygen atoms in total. The average molecular weight is 264 g/mol. The van der Waals surface area contributed by atoms with Crippen LogP contribution in [0.25, 0.3) is 0 Å². The van der Waals surface area contributed by atoms with Gasteiger partial charge in [-0.15, -0.1) is 0 Å². The lowest BCUT2D eigenvalue weighted by Crippen LogP contribution is -2.56. The number of morpholine rings is 1. The van der Waals surface area contributed by atoms with Crippen molar-refractivity contribution in [3.8, 4) is 5.75 Å². The van der Waals surface area contributed by atoms with Crippen molar-refractivity contribution in [3.63, 3.8) is 0 Å². The maximum absolute atomic E-state index is 6.03. The van der Waals surface area contributed by atoms with Crippen LogP contribution in [0.15, 0.2) is 24.3 Å². The predicted octanol–water partition coefficient (Wildman–Crippen LogP) is 1.59. The largest absolute Gasteiger partial charge is 0.491 e. The van der Waals surface area contributed by atoms with E-state index in [9.17, 15) is 0 Å². The van der Waals surface area contributed by atoms with E-state index < -0.39 is 0 Å². The zero-order valence-corrected chi connectivity index (χ0v) is 12.1. The third-order valence-electron chi connectivity index (χ3n) is 3.74. The summed E-state index contributed by atoms with van der Waals surface area (Å²) in [4.78, 5) is 2.29. The Hall–Kier alpha value is -1.10. The van der Waals surface area contributed by atoms with E-state index in [1.54, 1.807) is 0 Å². The highest BCUT2D eigenvalue weighted by atomic mass is 16.5. The topological polar surface area (TPSA) is 47.7 Å². The van der Waals surface area contributed by atoms with E-state index in [-0.39, 0.29) is 11.6 Å². The summed E-state index contributed by atoms with van der Waals surface area (Å²) in [5.74, 6) is 0.894. The van der Waals surface area contributed by atoms with Crippen molar-refractivity contribution >= 4 is 0 Å². The molecule has 106 valence electrons. The molecule has 2 rings (SSSR count). The highest BCUT2D eigenvalue weighted by Crippen LogP contribution is 2.30. The van der Waals surface area contributed by atoms with Crippen LogP contribution in [0.5, 0.6) is 5.75 Å². The maximum atomic E-state index is 6.03. The van der Waals surface area contributed by atoms with Crippen LogP contribution in [0.4, 0.5) is 0 Å². The number of hydrogen-bond acceptors (Lipinski definition) is 4. The molecular weight excluding hydrogens is 240 g/mol. The summed E-state index contributed by atoms with van der Waals surface area (Å²) in [6.45, 7) is 6.92. The van der Waals surface area contributed by atoms with Gasteiger partial charge >= 0.3 is 0 Å². The Morgan fingerprint density at radius 1 is 1.37 bits per heavy atom. The number of likely N-dealkylation sites (N-methyl/N-ethyl adjacent to an activating group) is 1. The first-order valence-electron chi connectivity index (χ1n) is 6.85. The molecule has 1 aliphatic heterocycles. The molecule has 0 bridgehead atoms. The van der Waals surface area contributed by atoms with Gasteiger partial charge in [0, 0.05) is 13.1 Å². The number of rotatable bonds is 4. The van der Waals surface area contributed by atoms with E-state index in [0.717, 1.165) is 18.9 Å². The summed E-state index contributed by atoms with van der Waals surface area (Å²) in [6, 6.07) is 8.20. The fourth-order valence-electron chi connectivity index (χ4n) is 2.52. The molecule has 1 aromatic rings. The van der Waals surface area contributed by atoms with Crippen molar-refractivity contribution in [3.05, 3.63) is 29.8 Å². The van der Waals surface area contributed by atoms with Crippen molar-refractivity contribution in [1.82, 2.24) is 4.90 Å². The Balaban J connectivity index is 2.23. The zero-order chi connectivity index (χ0) is 13.9. The van der Waals surface area contributed by atoms with Gasteiger partial charge in [-0.1, -0.05) is 12.1 Å². The SMILES string of the molecule is CC(C)Oc1ccc(C2(CN)COCCN2C)cc1. The molecule has 0 saturated carbocycles. The van der Waals surface area contributed by atoms with E-state index in [2.05, 4.69) is 24.1 Å². The van der Waals surface area contributed by atoms with Crippen LogP contribution >= 0.6 is 0 Å². The van der Waals surface area contributed by atoms with Crippen LogP contribution < -0.4 is 10.5 Å². The van der Waals surface area contributed by atoms with Crippen LogP contribution in [0.2, 0.25) is 0 Å². The second-order valence-corrected chi connectivity index (χ2v) is 5.40. The van der Waals surface area contributed by atoms with Crippen molar-refractivity contribution in [2.45, 2.75) is 25.5 Å². The van der Waals surface area contributed by atoms with Gasteiger partial charge in [-0.2, -0.15) is 0 Å². The van der Waals surface area contributed by atoms with Gasteiger partial charge in [0.05, 0.1) is 24.9 Å². The molecule has 1 atom stereocenters.